The van der Waals surface area contributed by atoms with Gasteiger partial charge < -0.3 is 9.73 Å². The van der Waals surface area contributed by atoms with Gasteiger partial charge in [-0.25, -0.2) is 0 Å². The summed E-state index contributed by atoms with van der Waals surface area (Å²) in [4.78, 5) is 11.8. The summed E-state index contributed by atoms with van der Waals surface area (Å²) in [5, 5.41) is 2.93. The number of rotatable bonds is 4. The monoisotopic (exact) mass is 243 g/mol. The average molecular weight is 243 g/mol. The van der Waals surface area contributed by atoms with Crippen LogP contribution in [-0.2, 0) is 4.79 Å². The Kier molecular flexibility index (Phi) is 3.82. The van der Waals surface area contributed by atoms with Crippen molar-refractivity contribution in [1.29, 1.82) is 0 Å². The highest BCUT2D eigenvalue weighted by molar-refractivity contribution is 5.94. The zero-order valence-electron chi connectivity index (χ0n) is 10.6. The number of nitrogens with one attached hydrogen (secondary N) is 1. The summed E-state index contributed by atoms with van der Waals surface area (Å²) >= 11 is 0. The zero-order valence-corrected chi connectivity index (χ0v) is 10.6. The molecule has 18 heavy (non-hydrogen) atoms. The molecule has 0 unspecified atom stereocenters. The van der Waals surface area contributed by atoms with Crippen molar-refractivity contribution in [2.75, 3.05) is 5.32 Å². The smallest absolute Gasteiger partial charge is 0.224 e. The van der Waals surface area contributed by atoms with Crippen LogP contribution in [-0.4, -0.2) is 5.91 Å². The fourth-order valence-corrected chi connectivity index (χ4v) is 1.81. The largest absolute Gasteiger partial charge is 0.464 e. The molecule has 0 bridgehead atoms. The Labute approximate surface area is 107 Å². The Morgan fingerprint density at radius 2 is 2.00 bits per heavy atom. The van der Waals surface area contributed by atoms with E-state index in [1.54, 1.807) is 6.26 Å². The van der Waals surface area contributed by atoms with E-state index in [0.717, 1.165) is 17.0 Å². The molecule has 0 spiro atoms. The maximum absolute atomic E-state index is 11.8. The van der Waals surface area contributed by atoms with Gasteiger partial charge in [-0.1, -0.05) is 26.0 Å². The molecule has 0 saturated heterocycles. The summed E-state index contributed by atoms with van der Waals surface area (Å²) in [7, 11) is 0. The van der Waals surface area contributed by atoms with Crippen molar-refractivity contribution in [3.05, 3.63) is 42.7 Å². The molecule has 0 aliphatic carbocycles. The highest BCUT2D eigenvalue weighted by Crippen LogP contribution is 2.28. The molecule has 1 aromatic heterocycles. The minimum absolute atomic E-state index is 0.0315. The van der Waals surface area contributed by atoms with Crippen molar-refractivity contribution in [3.8, 4) is 11.3 Å². The number of benzene rings is 1. The first kappa shape index (κ1) is 12.4. The van der Waals surface area contributed by atoms with Gasteiger partial charge >= 0.3 is 0 Å². The van der Waals surface area contributed by atoms with Crippen LogP contribution in [0.1, 0.15) is 20.3 Å². The molecule has 0 saturated carbocycles. The molecule has 3 nitrogen and oxygen atoms in total. The fraction of sp³-hybridized carbons (Fsp3) is 0.267. The molecule has 1 N–H and O–H groups in total. The lowest BCUT2D eigenvalue weighted by Crippen LogP contribution is -2.14. The van der Waals surface area contributed by atoms with Crippen molar-refractivity contribution in [2.45, 2.75) is 20.3 Å². The Bertz CT molecular complexity index is 515. The van der Waals surface area contributed by atoms with Gasteiger partial charge in [0.25, 0.3) is 0 Å². The van der Waals surface area contributed by atoms with Gasteiger partial charge in [-0.15, -0.1) is 0 Å². The number of hydrogen-bond acceptors (Lipinski definition) is 2. The molecule has 2 rings (SSSR count). The van der Waals surface area contributed by atoms with Crippen LogP contribution in [0, 0.1) is 5.92 Å². The Balaban J connectivity index is 2.21. The predicted octanol–water partition coefficient (Wildman–Crippen LogP) is 3.93. The van der Waals surface area contributed by atoms with Crippen LogP contribution in [0.2, 0.25) is 0 Å². The van der Waals surface area contributed by atoms with Gasteiger partial charge in [0.15, 0.2) is 0 Å². The highest BCUT2D eigenvalue weighted by Gasteiger charge is 2.10. The summed E-state index contributed by atoms with van der Waals surface area (Å²) in [5.41, 5.74) is 1.69. The second-order valence-electron chi connectivity index (χ2n) is 4.67. The normalized spacial score (nSPS) is 10.6. The Morgan fingerprint density at radius 1 is 1.22 bits per heavy atom. The fourth-order valence-electron chi connectivity index (χ4n) is 1.81. The summed E-state index contributed by atoms with van der Waals surface area (Å²) in [6.45, 7) is 4.05. The van der Waals surface area contributed by atoms with E-state index in [0.29, 0.717) is 12.3 Å². The van der Waals surface area contributed by atoms with Crippen molar-refractivity contribution < 1.29 is 9.21 Å². The highest BCUT2D eigenvalue weighted by atomic mass is 16.3. The average Bonchev–Trinajstić information content (AvgIpc) is 2.81. The molecule has 1 heterocycles. The van der Waals surface area contributed by atoms with E-state index in [4.69, 9.17) is 4.42 Å². The Morgan fingerprint density at radius 3 is 2.67 bits per heavy atom. The lowest BCUT2D eigenvalue weighted by Gasteiger charge is -2.10. The zero-order chi connectivity index (χ0) is 13.0. The van der Waals surface area contributed by atoms with Gasteiger partial charge in [-0.2, -0.15) is 0 Å². The maximum Gasteiger partial charge on any atom is 0.224 e. The standard InChI is InChI=1S/C15H17NO2/c1-11(2)10-15(17)16-13-7-4-3-6-12(13)14-8-5-9-18-14/h3-9,11H,10H2,1-2H3,(H,16,17). The van der Waals surface area contributed by atoms with Crippen LogP contribution in [0.3, 0.4) is 0 Å². The van der Waals surface area contributed by atoms with E-state index in [2.05, 4.69) is 5.32 Å². The van der Waals surface area contributed by atoms with Crippen molar-refractivity contribution in [2.24, 2.45) is 5.92 Å². The first-order chi connectivity index (χ1) is 8.66. The van der Waals surface area contributed by atoms with Gasteiger partial charge in [0, 0.05) is 12.0 Å². The second kappa shape index (κ2) is 5.54. The van der Waals surface area contributed by atoms with E-state index in [1.165, 1.54) is 0 Å². The van der Waals surface area contributed by atoms with Crippen LogP contribution in [0.4, 0.5) is 5.69 Å². The van der Waals surface area contributed by atoms with E-state index in [-0.39, 0.29) is 5.91 Å². The van der Waals surface area contributed by atoms with Gasteiger partial charge in [-0.3, -0.25) is 4.79 Å². The van der Waals surface area contributed by atoms with Crippen molar-refractivity contribution in [1.82, 2.24) is 0 Å². The first-order valence-corrected chi connectivity index (χ1v) is 6.09. The van der Waals surface area contributed by atoms with E-state index >= 15 is 0 Å². The molecule has 3 heteroatoms. The van der Waals surface area contributed by atoms with E-state index in [9.17, 15) is 4.79 Å². The lowest BCUT2D eigenvalue weighted by molar-refractivity contribution is -0.116. The first-order valence-electron chi connectivity index (χ1n) is 6.09. The van der Waals surface area contributed by atoms with Crippen molar-refractivity contribution >= 4 is 11.6 Å². The minimum atomic E-state index is 0.0315. The molecule has 2 aromatic rings. The number of hydrogen-bond donors (Lipinski definition) is 1. The molecular formula is C15H17NO2. The number of amides is 1. The molecule has 0 atom stereocenters. The molecule has 0 fully saturated rings. The summed E-state index contributed by atoms with van der Waals surface area (Å²) < 4.78 is 5.37. The molecular weight excluding hydrogens is 226 g/mol. The molecule has 0 radical (unpaired) electrons. The number of para-hydroxylation sites is 1. The summed E-state index contributed by atoms with van der Waals surface area (Å²) in [5.74, 6) is 1.14. The van der Waals surface area contributed by atoms with Gasteiger partial charge in [0.1, 0.15) is 5.76 Å². The molecule has 0 aliphatic rings. The van der Waals surface area contributed by atoms with Crippen LogP contribution in [0.25, 0.3) is 11.3 Å². The number of carbonyl (C=O) groups excluding carboxylic acids is 1. The molecule has 1 aromatic carbocycles. The SMILES string of the molecule is CC(C)CC(=O)Nc1ccccc1-c1ccco1. The summed E-state index contributed by atoms with van der Waals surface area (Å²) in [6, 6.07) is 11.4. The third-order valence-corrected chi connectivity index (χ3v) is 2.58. The molecule has 94 valence electrons. The molecule has 0 aliphatic heterocycles. The summed E-state index contributed by atoms with van der Waals surface area (Å²) in [6.07, 6.45) is 2.15. The van der Waals surface area contributed by atoms with Crippen LogP contribution >= 0.6 is 0 Å². The van der Waals surface area contributed by atoms with Crippen molar-refractivity contribution in [3.63, 3.8) is 0 Å². The third-order valence-electron chi connectivity index (χ3n) is 2.58. The van der Waals surface area contributed by atoms with Gasteiger partial charge in [0.2, 0.25) is 5.91 Å². The van der Waals surface area contributed by atoms with Crippen LogP contribution in [0.15, 0.2) is 47.1 Å². The number of anilines is 1. The second-order valence-corrected chi connectivity index (χ2v) is 4.67. The van der Waals surface area contributed by atoms with E-state index < -0.39 is 0 Å². The van der Waals surface area contributed by atoms with E-state index in [1.807, 2.05) is 50.2 Å². The number of furan rings is 1. The molecule has 1 amide bonds. The predicted molar refractivity (Wildman–Crippen MR) is 72.2 cm³/mol. The Hall–Kier alpha value is -2.03. The third kappa shape index (κ3) is 3.00. The number of carbonyl (C=O) groups is 1. The van der Waals surface area contributed by atoms with Gasteiger partial charge in [-0.05, 0) is 30.2 Å². The van der Waals surface area contributed by atoms with Crippen LogP contribution < -0.4 is 5.32 Å². The maximum atomic E-state index is 11.8. The van der Waals surface area contributed by atoms with Gasteiger partial charge in [0.05, 0.1) is 12.0 Å². The topological polar surface area (TPSA) is 42.2 Å². The quantitative estimate of drug-likeness (QED) is 0.884. The lowest BCUT2D eigenvalue weighted by atomic mass is 10.1. The minimum Gasteiger partial charge on any atom is -0.464 e. The van der Waals surface area contributed by atoms with Crippen LogP contribution in [0.5, 0.6) is 0 Å².